The van der Waals surface area contributed by atoms with Crippen molar-refractivity contribution < 1.29 is 4.74 Å². The minimum Gasteiger partial charge on any atom is -0.431 e. The van der Waals surface area contributed by atoms with Gasteiger partial charge in [-0.3, -0.25) is 0 Å². The Morgan fingerprint density at radius 3 is 2.59 bits per heavy atom. The van der Waals surface area contributed by atoms with Gasteiger partial charge in [-0.25, -0.2) is 4.98 Å². The summed E-state index contributed by atoms with van der Waals surface area (Å²) < 4.78 is 5.59. The topological polar surface area (TPSA) is 48.1 Å². The van der Waals surface area contributed by atoms with Gasteiger partial charge in [-0.15, -0.1) is 0 Å². The van der Waals surface area contributed by atoms with Gasteiger partial charge in [0.05, 0.1) is 6.20 Å². The van der Waals surface area contributed by atoms with E-state index in [2.05, 4.69) is 31.0 Å². The number of ether oxygens (including phenoxy) is 1. The van der Waals surface area contributed by atoms with Gasteiger partial charge in [-0.1, -0.05) is 37.3 Å². The summed E-state index contributed by atoms with van der Waals surface area (Å²) in [6.07, 6.45) is 2.75. The average Bonchev–Trinajstić information content (AvgIpc) is 2.75. The maximum absolute atomic E-state index is 5.59. The van der Waals surface area contributed by atoms with Crippen LogP contribution in [0.1, 0.15) is 31.7 Å². The van der Waals surface area contributed by atoms with Crippen molar-refractivity contribution in [1.82, 2.24) is 4.98 Å². The molecule has 1 aromatic heterocycles. The first kappa shape index (κ1) is 11.9. The van der Waals surface area contributed by atoms with Crippen molar-refractivity contribution in [3.05, 3.63) is 36.0 Å². The summed E-state index contributed by atoms with van der Waals surface area (Å²) in [5.41, 5.74) is 6.92. The highest BCUT2D eigenvalue weighted by Crippen LogP contribution is 2.29. The van der Waals surface area contributed by atoms with Gasteiger partial charge in [0.15, 0.2) is 0 Å². The second-order valence-electron chi connectivity index (χ2n) is 4.01. The van der Waals surface area contributed by atoms with Crippen LogP contribution in [-0.4, -0.2) is 4.98 Å². The van der Waals surface area contributed by atoms with Crippen molar-refractivity contribution in [2.75, 3.05) is 5.73 Å². The van der Waals surface area contributed by atoms with E-state index in [0.717, 1.165) is 12.2 Å². The predicted molar refractivity (Wildman–Crippen MR) is 71.7 cm³/mol. The molecule has 4 heteroatoms. The third-order valence-corrected chi connectivity index (χ3v) is 3.47. The molecule has 0 saturated heterocycles. The molecule has 0 amide bonds. The second-order valence-corrected chi connectivity index (χ2v) is 5.03. The van der Waals surface area contributed by atoms with Crippen LogP contribution in [0.2, 0.25) is 0 Å². The highest BCUT2D eigenvalue weighted by molar-refractivity contribution is 7.17. The van der Waals surface area contributed by atoms with E-state index in [-0.39, 0.29) is 0 Å². The Kier molecular flexibility index (Phi) is 3.64. The molecule has 0 spiro atoms. The number of benzene rings is 1. The highest BCUT2D eigenvalue weighted by Gasteiger charge is 2.05. The molecule has 0 radical (unpaired) electrons. The molecule has 2 N–H and O–H groups in total. The predicted octanol–water partition coefficient (Wildman–Crippen LogP) is 4.03. The molecule has 0 aliphatic heterocycles. The molecule has 0 bridgehead atoms. The van der Waals surface area contributed by atoms with E-state index in [0.29, 0.717) is 16.1 Å². The lowest BCUT2D eigenvalue weighted by Gasteiger charge is -2.09. The van der Waals surface area contributed by atoms with Gasteiger partial charge < -0.3 is 10.5 Å². The van der Waals surface area contributed by atoms with E-state index in [1.54, 1.807) is 6.20 Å². The van der Waals surface area contributed by atoms with Crippen molar-refractivity contribution in [2.45, 2.75) is 26.2 Å². The molecule has 90 valence electrons. The molecule has 2 aromatic rings. The first-order valence-electron chi connectivity index (χ1n) is 5.68. The minimum absolute atomic E-state index is 0.582. The lowest BCUT2D eigenvalue weighted by atomic mass is 9.99. The number of thiazole rings is 1. The number of aromatic nitrogens is 1. The zero-order chi connectivity index (χ0) is 12.3. The van der Waals surface area contributed by atoms with E-state index >= 15 is 0 Å². The summed E-state index contributed by atoms with van der Waals surface area (Å²) in [5, 5.41) is 1.25. The maximum Gasteiger partial charge on any atom is 0.280 e. The summed E-state index contributed by atoms with van der Waals surface area (Å²) >= 11 is 1.34. The van der Waals surface area contributed by atoms with Gasteiger partial charge in [0.25, 0.3) is 5.19 Å². The molecule has 1 heterocycles. The fourth-order valence-corrected chi connectivity index (χ4v) is 2.07. The number of nitrogens with two attached hydrogens (primary N) is 1. The normalized spacial score (nSPS) is 12.4. The van der Waals surface area contributed by atoms with Crippen LogP contribution in [-0.2, 0) is 0 Å². The highest BCUT2D eigenvalue weighted by atomic mass is 32.1. The Morgan fingerprint density at radius 1 is 1.35 bits per heavy atom. The molecular formula is C13H16N2OS. The lowest BCUT2D eigenvalue weighted by Crippen LogP contribution is -1.91. The van der Waals surface area contributed by atoms with E-state index in [1.165, 1.54) is 16.9 Å². The second kappa shape index (κ2) is 5.19. The van der Waals surface area contributed by atoms with Crippen molar-refractivity contribution in [2.24, 2.45) is 0 Å². The van der Waals surface area contributed by atoms with Crippen molar-refractivity contribution >= 4 is 16.3 Å². The summed E-state index contributed by atoms with van der Waals surface area (Å²) in [5.74, 6) is 1.38. The zero-order valence-electron chi connectivity index (χ0n) is 10.0. The monoisotopic (exact) mass is 248 g/mol. The third kappa shape index (κ3) is 2.97. The van der Waals surface area contributed by atoms with Crippen LogP contribution in [0.4, 0.5) is 5.00 Å². The first-order chi connectivity index (χ1) is 8.19. The molecule has 17 heavy (non-hydrogen) atoms. The molecule has 2 rings (SSSR count). The zero-order valence-corrected chi connectivity index (χ0v) is 10.8. The number of rotatable bonds is 4. The lowest BCUT2D eigenvalue weighted by molar-refractivity contribution is 0.478. The van der Waals surface area contributed by atoms with Crippen molar-refractivity contribution in [1.29, 1.82) is 0 Å². The molecule has 1 atom stereocenters. The van der Waals surface area contributed by atoms with E-state index in [4.69, 9.17) is 10.5 Å². The number of anilines is 1. The summed E-state index contributed by atoms with van der Waals surface area (Å²) in [4.78, 5) is 4.06. The fraction of sp³-hybridized carbons (Fsp3) is 0.308. The largest absolute Gasteiger partial charge is 0.431 e. The Labute approximate surface area is 105 Å². The standard InChI is InChI=1S/C13H16N2OS/c1-3-9(2)10-4-6-11(7-5-10)16-13-15-8-12(14)17-13/h4-9H,3,14H2,1-2H3. The molecule has 1 aromatic carbocycles. The summed E-state index contributed by atoms with van der Waals surface area (Å²) in [6, 6.07) is 8.14. The van der Waals surface area contributed by atoms with E-state index in [9.17, 15) is 0 Å². The van der Waals surface area contributed by atoms with Crippen LogP contribution >= 0.6 is 11.3 Å². The van der Waals surface area contributed by atoms with Gasteiger partial charge >= 0.3 is 0 Å². The van der Waals surface area contributed by atoms with E-state index in [1.807, 2.05) is 12.1 Å². The van der Waals surface area contributed by atoms with Gasteiger partial charge in [0, 0.05) is 0 Å². The van der Waals surface area contributed by atoms with Crippen LogP contribution in [0.15, 0.2) is 30.5 Å². The van der Waals surface area contributed by atoms with Gasteiger partial charge in [0.1, 0.15) is 10.8 Å². The molecule has 1 unspecified atom stereocenters. The Balaban J connectivity index is 2.08. The van der Waals surface area contributed by atoms with Gasteiger partial charge in [-0.05, 0) is 30.0 Å². The van der Waals surface area contributed by atoms with Crippen LogP contribution in [0.25, 0.3) is 0 Å². The molecule has 0 aliphatic carbocycles. The first-order valence-corrected chi connectivity index (χ1v) is 6.49. The molecule has 0 saturated carbocycles. The van der Waals surface area contributed by atoms with Crippen LogP contribution in [0, 0.1) is 0 Å². The van der Waals surface area contributed by atoms with Crippen LogP contribution < -0.4 is 10.5 Å². The molecule has 0 fully saturated rings. The maximum atomic E-state index is 5.59. The quantitative estimate of drug-likeness (QED) is 0.888. The third-order valence-electron chi connectivity index (χ3n) is 2.77. The number of hydrogen-bond donors (Lipinski definition) is 1. The summed E-state index contributed by atoms with van der Waals surface area (Å²) in [7, 11) is 0. The molecule has 0 aliphatic rings. The van der Waals surface area contributed by atoms with E-state index < -0.39 is 0 Å². The Hall–Kier alpha value is -1.55. The Bertz CT molecular complexity index is 478. The average molecular weight is 248 g/mol. The van der Waals surface area contributed by atoms with Crippen molar-refractivity contribution in [3.63, 3.8) is 0 Å². The fourth-order valence-electron chi connectivity index (χ4n) is 1.52. The summed E-state index contributed by atoms with van der Waals surface area (Å²) in [6.45, 7) is 4.41. The SMILES string of the molecule is CCC(C)c1ccc(Oc2ncc(N)s2)cc1. The minimum atomic E-state index is 0.582. The number of nitrogen functional groups attached to an aromatic ring is 1. The smallest absolute Gasteiger partial charge is 0.280 e. The van der Waals surface area contributed by atoms with Crippen molar-refractivity contribution in [3.8, 4) is 10.9 Å². The van der Waals surface area contributed by atoms with Crippen LogP contribution in [0.3, 0.4) is 0 Å². The molecule has 3 nitrogen and oxygen atoms in total. The van der Waals surface area contributed by atoms with Gasteiger partial charge in [0.2, 0.25) is 0 Å². The van der Waals surface area contributed by atoms with Gasteiger partial charge in [-0.2, -0.15) is 0 Å². The number of hydrogen-bond acceptors (Lipinski definition) is 4. The number of nitrogens with zero attached hydrogens (tertiary/aromatic N) is 1. The van der Waals surface area contributed by atoms with Crippen LogP contribution in [0.5, 0.6) is 10.9 Å². The molecular weight excluding hydrogens is 232 g/mol. The Morgan fingerprint density at radius 2 is 2.06 bits per heavy atom.